The van der Waals surface area contributed by atoms with E-state index in [0.717, 1.165) is 19.4 Å². The van der Waals surface area contributed by atoms with Crippen molar-refractivity contribution in [1.82, 2.24) is 4.90 Å². The molecule has 1 saturated heterocycles. The van der Waals surface area contributed by atoms with Crippen molar-refractivity contribution in [3.05, 3.63) is 65.7 Å². The summed E-state index contributed by atoms with van der Waals surface area (Å²) in [6.45, 7) is 1.93. The average Bonchev–Trinajstić information content (AvgIpc) is 3.12. The van der Waals surface area contributed by atoms with Crippen LogP contribution in [-0.2, 0) is 11.2 Å². The predicted molar refractivity (Wildman–Crippen MR) is 93.4 cm³/mol. The highest BCUT2D eigenvalue weighted by molar-refractivity contribution is 5.97. The summed E-state index contributed by atoms with van der Waals surface area (Å²) in [7, 11) is 1.69. The van der Waals surface area contributed by atoms with E-state index < -0.39 is 0 Å². The van der Waals surface area contributed by atoms with Crippen LogP contribution in [0.2, 0.25) is 0 Å². The van der Waals surface area contributed by atoms with E-state index in [1.165, 1.54) is 5.56 Å². The fraction of sp³-hybridized carbons (Fsp3) is 0.350. The van der Waals surface area contributed by atoms with Crippen LogP contribution in [0.1, 0.15) is 22.3 Å². The van der Waals surface area contributed by atoms with Crippen LogP contribution in [-0.4, -0.2) is 43.7 Å². The summed E-state index contributed by atoms with van der Waals surface area (Å²) in [4.78, 5) is 14.6. The van der Waals surface area contributed by atoms with Crippen LogP contribution in [0.3, 0.4) is 0 Å². The van der Waals surface area contributed by atoms with Crippen molar-refractivity contribution in [3.63, 3.8) is 0 Å². The number of carbonyl (C=O) groups excluding carboxylic acids is 1. The molecule has 2 aromatic rings. The van der Waals surface area contributed by atoms with Gasteiger partial charge in [-0.25, -0.2) is 0 Å². The van der Waals surface area contributed by atoms with Gasteiger partial charge >= 0.3 is 0 Å². The van der Waals surface area contributed by atoms with Gasteiger partial charge in [-0.3, -0.25) is 4.79 Å². The number of carbonyl (C=O) groups is 1. The number of hydrogen-bond acceptors (Lipinski definition) is 3. The van der Waals surface area contributed by atoms with Gasteiger partial charge in [-0.05, 0) is 24.1 Å². The van der Waals surface area contributed by atoms with Crippen LogP contribution in [0.15, 0.2) is 54.6 Å². The quantitative estimate of drug-likeness (QED) is 0.819. The topological polar surface area (TPSA) is 38.8 Å². The van der Waals surface area contributed by atoms with Gasteiger partial charge in [0.05, 0.1) is 18.3 Å². The van der Waals surface area contributed by atoms with Crippen molar-refractivity contribution in [1.29, 1.82) is 0 Å². The van der Waals surface area contributed by atoms with Crippen molar-refractivity contribution >= 4 is 5.91 Å². The van der Waals surface area contributed by atoms with E-state index in [1.54, 1.807) is 7.11 Å². The Balaban J connectivity index is 1.63. The summed E-state index contributed by atoms with van der Waals surface area (Å²) < 4.78 is 11.2. The zero-order chi connectivity index (χ0) is 16.8. The molecule has 24 heavy (non-hydrogen) atoms. The number of para-hydroxylation sites is 1. The summed E-state index contributed by atoms with van der Waals surface area (Å²) in [5.41, 5.74) is 1.85. The van der Waals surface area contributed by atoms with Crippen LogP contribution in [0.4, 0.5) is 0 Å². The SMILES string of the molecule is CO[C@H]1CCN(C(=O)c2ccccc2OCCc2ccccc2)C1. The van der Waals surface area contributed by atoms with E-state index in [9.17, 15) is 4.79 Å². The maximum atomic E-state index is 12.8. The van der Waals surface area contributed by atoms with Gasteiger partial charge in [-0.15, -0.1) is 0 Å². The number of rotatable bonds is 6. The van der Waals surface area contributed by atoms with Gasteiger partial charge in [-0.1, -0.05) is 42.5 Å². The maximum absolute atomic E-state index is 12.8. The lowest BCUT2D eigenvalue weighted by Crippen LogP contribution is -2.30. The summed E-state index contributed by atoms with van der Waals surface area (Å²) in [6, 6.07) is 17.7. The molecule has 1 fully saturated rings. The average molecular weight is 325 g/mol. The number of methoxy groups -OCH3 is 1. The van der Waals surface area contributed by atoms with Crippen molar-refractivity contribution in [2.75, 3.05) is 26.8 Å². The zero-order valence-corrected chi connectivity index (χ0v) is 14.0. The molecule has 0 spiro atoms. The molecule has 126 valence electrons. The van der Waals surface area contributed by atoms with E-state index in [-0.39, 0.29) is 12.0 Å². The van der Waals surface area contributed by atoms with Crippen LogP contribution in [0, 0.1) is 0 Å². The van der Waals surface area contributed by atoms with Crippen molar-refractivity contribution in [2.45, 2.75) is 18.9 Å². The number of benzene rings is 2. The molecule has 0 aliphatic carbocycles. The van der Waals surface area contributed by atoms with Crippen LogP contribution in [0.25, 0.3) is 0 Å². The summed E-state index contributed by atoms with van der Waals surface area (Å²) in [5.74, 6) is 0.671. The number of ether oxygens (including phenoxy) is 2. The number of likely N-dealkylation sites (tertiary alicyclic amines) is 1. The first-order valence-corrected chi connectivity index (χ1v) is 8.36. The van der Waals surface area contributed by atoms with E-state index in [2.05, 4.69) is 12.1 Å². The molecular weight excluding hydrogens is 302 g/mol. The van der Waals surface area contributed by atoms with E-state index in [4.69, 9.17) is 9.47 Å². The minimum Gasteiger partial charge on any atom is -0.492 e. The van der Waals surface area contributed by atoms with Crippen molar-refractivity contribution < 1.29 is 14.3 Å². The second-order valence-electron chi connectivity index (χ2n) is 5.98. The van der Waals surface area contributed by atoms with E-state index in [0.29, 0.717) is 24.5 Å². The molecule has 0 aromatic heterocycles. The predicted octanol–water partition coefficient (Wildman–Crippen LogP) is 3.17. The first-order chi connectivity index (χ1) is 11.8. The minimum atomic E-state index is 0.0184. The van der Waals surface area contributed by atoms with Crippen LogP contribution in [0.5, 0.6) is 5.75 Å². The molecule has 0 radical (unpaired) electrons. The second-order valence-corrected chi connectivity index (χ2v) is 5.98. The lowest BCUT2D eigenvalue weighted by molar-refractivity contribution is 0.0720. The van der Waals surface area contributed by atoms with Gasteiger partial charge in [0, 0.05) is 26.6 Å². The molecule has 1 atom stereocenters. The molecule has 0 bridgehead atoms. The van der Waals surface area contributed by atoms with Gasteiger partial charge in [0.2, 0.25) is 0 Å². The molecule has 0 unspecified atom stereocenters. The number of nitrogens with zero attached hydrogens (tertiary/aromatic N) is 1. The van der Waals surface area contributed by atoms with Gasteiger partial charge < -0.3 is 14.4 Å². The third-order valence-corrected chi connectivity index (χ3v) is 4.37. The van der Waals surface area contributed by atoms with Crippen molar-refractivity contribution in [3.8, 4) is 5.75 Å². The van der Waals surface area contributed by atoms with Crippen molar-refractivity contribution in [2.24, 2.45) is 0 Å². The molecule has 4 heteroatoms. The Bertz CT molecular complexity index is 672. The Kier molecular flexibility index (Phi) is 5.49. The van der Waals surface area contributed by atoms with Gasteiger partial charge in [0.1, 0.15) is 5.75 Å². The monoisotopic (exact) mass is 325 g/mol. The Morgan fingerprint density at radius 2 is 1.88 bits per heavy atom. The molecule has 1 amide bonds. The van der Waals surface area contributed by atoms with Crippen LogP contribution >= 0.6 is 0 Å². The highest BCUT2D eigenvalue weighted by Crippen LogP contribution is 2.23. The second kappa shape index (κ2) is 7.97. The first-order valence-electron chi connectivity index (χ1n) is 8.36. The Morgan fingerprint density at radius 3 is 2.62 bits per heavy atom. The largest absolute Gasteiger partial charge is 0.492 e. The Labute approximate surface area is 143 Å². The normalized spacial score (nSPS) is 17.0. The van der Waals surface area contributed by atoms with E-state index in [1.807, 2.05) is 47.4 Å². The number of amides is 1. The molecule has 1 aliphatic heterocycles. The fourth-order valence-corrected chi connectivity index (χ4v) is 2.97. The molecule has 1 heterocycles. The Morgan fingerprint density at radius 1 is 1.12 bits per heavy atom. The molecule has 2 aromatic carbocycles. The highest BCUT2D eigenvalue weighted by Gasteiger charge is 2.28. The number of hydrogen-bond donors (Lipinski definition) is 0. The van der Waals surface area contributed by atoms with Gasteiger partial charge in [-0.2, -0.15) is 0 Å². The summed E-state index contributed by atoms with van der Waals surface area (Å²) in [5, 5.41) is 0. The zero-order valence-electron chi connectivity index (χ0n) is 14.0. The Hall–Kier alpha value is -2.33. The van der Waals surface area contributed by atoms with Gasteiger partial charge in [0.25, 0.3) is 5.91 Å². The summed E-state index contributed by atoms with van der Waals surface area (Å²) >= 11 is 0. The van der Waals surface area contributed by atoms with Gasteiger partial charge in [0.15, 0.2) is 0 Å². The maximum Gasteiger partial charge on any atom is 0.257 e. The molecule has 0 N–H and O–H groups in total. The molecular formula is C20H23NO3. The summed E-state index contributed by atoms with van der Waals surface area (Å²) in [6.07, 6.45) is 1.85. The third kappa shape index (κ3) is 3.95. The molecule has 0 saturated carbocycles. The first kappa shape index (κ1) is 16.5. The third-order valence-electron chi connectivity index (χ3n) is 4.37. The van der Waals surface area contributed by atoms with Crippen LogP contribution < -0.4 is 4.74 Å². The standard InChI is InChI=1S/C20H23NO3/c1-23-17-11-13-21(15-17)20(22)18-9-5-6-10-19(18)24-14-12-16-7-3-2-4-8-16/h2-10,17H,11-15H2,1H3/t17-/m0/s1. The molecule has 4 nitrogen and oxygen atoms in total. The highest BCUT2D eigenvalue weighted by atomic mass is 16.5. The molecule has 3 rings (SSSR count). The lowest BCUT2D eigenvalue weighted by atomic mass is 10.1. The minimum absolute atomic E-state index is 0.0184. The fourth-order valence-electron chi connectivity index (χ4n) is 2.97. The molecule has 1 aliphatic rings. The smallest absolute Gasteiger partial charge is 0.257 e. The lowest BCUT2D eigenvalue weighted by Gasteiger charge is -2.18. The van der Waals surface area contributed by atoms with E-state index >= 15 is 0 Å².